The van der Waals surface area contributed by atoms with Crippen molar-refractivity contribution in [2.75, 3.05) is 13.2 Å². The van der Waals surface area contributed by atoms with E-state index in [2.05, 4.69) is 4.98 Å². The molecule has 2 aromatic heterocycles. The SMILES string of the molecule is Cc1nccn1-c1cccc([C@@H]2CCCN2C(=O)COc2ccccc2)n1. The van der Waals surface area contributed by atoms with Crippen LogP contribution in [-0.2, 0) is 4.79 Å². The van der Waals surface area contributed by atoms with E-state index in [0.717, 1.165) is 36.7 Å². The van der Waals surface area contributed by atoms with Crippen molar-refractivity contribution >= 4 is 5.91 Å². The van der Waals surface area contributed by atoms with Crippen molar-refractivity contribution in [3.8, 4) is 11.6 Å². The first-order valence-electron chi connectivity index (χ1n) is 9.17. The zero-order chi connectivity index (χ0) is 18.6. The summed E-state index contributed by atoms with van der Waals surface area (Å²) < 4.78 is 7.59. The van der Waals surface area contributed by atoms with E-state index in [1.54, 1.807) is 6.20 Å². The molecule has 0 radical (unpaired) electrons. The molecule has 6 heteroatoms. The molecule has 0 bridgehead atoms. The number of pyridine rings is 1. The molecule has 1 fully saturated rings. The first kappa shape index (κ1) is 17.3. The van der Waals surface area contributed by atoms with Crippen molar-refractivity contribution in [1.29, 1.82) is 0 Å². The summed E-state index contributed by atoms with van der Waals surface area (Å²) >= 11 is 0. The van der Waals surface area contributed by atoms with Gasteiger partial charge in [-0.05, 0) is 44.0 Å². The van der Waals surface area contributed by atoms with E-state index in [1.807, 2.05) is 71.1 Å². The minimum Gasteiger partial charge on any atom is -0.484 e. The number of nitrogens with zero attached hydrogens (tertiary/aromatic N) is 4. The number of carbonyl (C=O) groups excluding carboxylic acids is 1. The van der Waals surface area contributed by atoms with Gasteiger partial charge < -0.3 is 9.64 Å². The lowest BCUT2D eigenvalue weighted by Gasteiger charge is -2.24. The molecule has 1 amide bonds. The Morgan fingerprint density at radius 3 is 2.81 bits per heavy atom. The van der Waals surface area contributed by atoms with Crippen LogP contribution >= 0.6 is 0 Å². The molecule has 6 nitrogen and oxygen atoms in total. The fourth-order valence-corrected chi connectivity index (χ4v) is 3.50. The predicted molar refractivity (Wildman–Crippen MR) is 102 cm³/mol. The Bertz CT molecular complexity index is 923. The average molecular weight is 362 g/mol. The molecule has 138 valence electrons. The normalized spacial score (nSPS) is 16.5. The van der Waals surface area contributed by atoms with Gasteiger partial charge in [0.1, 0.15) is 17.4 Å². The number of imidazole rings is 1. The van der Waals surface area contributed by atoms with Crippen LogP contribution in [-0.4, -0.2) is 38.5 Å². The summed E-state index contributed by atoms with van der Waals surface area (Å²) in [6.07, 6.45) is 5.54. The monoisotopic (exact) mass is 362 g/mol. The van der Waals surface area contributed by atoms with Crippen molar-refractivity contribution < 1.29 is 9.53 Å². The minimum atomic E-state index is -0.0133. The highest BCUT2D eigenvalue weighted by Crippen LogP contribution is 2.31. The van der Waals surface area contributed by atoms with Crippen LogP contribution in [0.3, 0.4) is 0 Å². The maximum atomic E-state index is 12.7. The summed E-state index contributed by atoms with van der Waals surface area (Å²) in [5.41, 5.74) is 0.908. The quantitative estimate of drug-likeness (QED) is 0.699. The van der Waals surface area contributed by atoms with E-state index < -0.39 is 0 Å². The maximum absolute atomic E-state index is 12.7. The van der Waals surface area contributed by atoms with Crippen LogP contribution in [0.15, 0.2) is 60.9 Å². The molecule has 3 aromatic rings. The molecule has 1 aromatic carbocycles. The Morgan fingerprint density at radius 1 is 1.19 bits per heavy atom. The van der Waals surface area contributed by atoms with E-state index in [4.69, 9.17) is 9.72 Å². The standard InChI is InChI=1S/C21H22N4O2/c1-16-22-12-14-24(16)20-11-5-9-18(23-20)19-10-6-13-25(19)21(26)15-27-17-7-3-2-4-8-17/h2-5,7-9,11-12,14,19H,6,10,13,15H2,1H3/t19-/m0/s1. The number of amides is 1. The van der Waals surface area contributed by atoms with Gasteiger partial charge in [-0.1, -0.05) is 24.3 Å². The molecule has 0 spiro atoms. The van der Waals surface area contributed by atoms with Crippen LogP contribution in [0.25, 0.3) is 5.82 Å². The number of hydrogen-bond acceptors (Lipinski definition) is 4. The lowest BCUT2D eigenvalue weighted by Crippen LogP contribution is -2.34. The lowest BCUT2D eigenvalue weighted by atomic mass is 10.1. The highest BCUT2D eigenvalue weighted by Gasteiger charge is 2.31. The summed E-state index contributed by atoms with van der Waals surface area (Å²) in [4.78, 5) is 23.7. The summed E-state index contributed by atoms with van der Waals surface area (Å²) in [6.45, 7) is 2.72. The summed E-state index contributed by atoms with van der Waals surface area (Å²) in [6, 6.07) is 15.3. The van der Waals surface area contributed by atoms with Gasteiger partial charge in [-0.3, -0.25) is 9.36 Å². The zero-order valence-corrected chi connectivity index (χ0v) is 15.3. The van der Waals surface area contributed by atoms with Crippen LogP contribution in [0.4, 0.5) is 0 Å². The third-order valence-corrected chi connectivity index (χ3v) is 4.85. The van der Waals surface area contributed by atoms with Crippen molar-refractivity contribution in [2.24, 2.45) is 0 Å². The van der Waals surface area contributed by atoms with Crippen LogP contribution in [0.2, 0.25) is 0 Å². The van der Waals surface area contributed by atoms with Crippen LogP contribution in [0.1, 0.15) is 30.4 Å². The zero-order valence-electron chi connectivity index (χ0n) is 15.3. The second-order valence-corrected chi connectivity index (χ2v) is 6.61. The van der Waals surface area contributed by atoms with Gasteiger partial charge in [-0.2, -0.15) is 0 Å². The molecule has 1 aliphatic heterocycles. The van der Waals surface area contributed by atoms with Gasteiger partial charge in [0, 0.05) is 18.9 Å². The Morgan fingerprint density at radius 2 is 2.04 bits per heavy atom. The topological polar surface area (TPSA) is 60.2 Å². The first-order valence-corrected chi connectivity index (χ1v) is 9.17. The van der Waals surface area contributed by atoms with E-state index in [0.29, 0.717) is 5.75 Å². The first-order chi connectivity index (χ1) is 13.2. The molecular weight excluding hydrogens is 340 g/mol. The van der Waals surface area contributed by atoms with Crippen molar-refractivity contribution in [2.45, 2.75) is 25.8 Å². The van der Waals surface area contributed by atoms with Gasteiger partial charge in [0.05, 0.1) is 11.7 Å². The fourth-order valence-electron chi connectivity index (χ4n) is 3.50. The number of aryl methyl sites for hydroxylation is 1. The molecular formula is C21H22N4O2. The summed E-state index contributed by atoms with van der Waals surface area (Å²) in [5.74, 6) is 2.40. The molecule has 3 heterocycles. The number of ether oxygens (including phenoxy) is 1. The molecule has 1 saturated heterocycles. The van der Waals surface area contributed by atoms with Crippen molar-refractivity contribution in [3.63, 3.8) is 0 Å². The molecule has 4 rings (SSSR count). The van der Waals surface area contributed by atoms with Crippen molar-refractivity contribution in [1.82, 2.24) is 19.4 Å². The lowest BCUT2D eigenvalue weighted by molar-refractivity contribution is -0.134. The molecule has 0 unspecified atom stereocenters. The van der Waals surface area contributed by atoms with Crippen LogP contribution in [0, 0.1) is 6.92 Å². The van der Waals surface area contributed by atoms with E-state index in [9.17, 15) is 4.79 Å². The molecule has 1 aliphatic rings. The van der Waals surface area contributed by atoms with Crippen molar-refractivity contribution in [3.05, 3.63) is 72.4 Å². The van der Waals surface area contributed by atoms with Gasteiger partial charge in [0.2, 0.25) is 0 Å². The summed E-state index contributed by atoms with van der Waals surface area (Å²) in [7, 11) is 0. The number of aromatic nitrogens is 3. The smallest absolute Gasteiger partial charge is 0.261 e. The molecule has 27 heavy (non-hydrogen) atoms. The molecule has 0 saturated carbocycles. The van der Waals surface area contributed by atoms with Gasteiger partial charge in [0.25, 0.3) is 5.91 Å². The Balaban J connectivity index is 1.50. The number of para-hydroxylation sites is 1. The average Bonchev–Trinajstić information content (AvgIpc) is 3.36. The maximum Gasteiger partial charge on any atom is 0.261 e. The third kappa shape index (κ3) is 3.69. The molecule has 1 atom stereocenters. The fraction of sp³-hybridized carbons (Fsp3) is 0.286. The van der Waals surface area contributed by atoms with Gasteiger partial charge in [0.15, 0.2) is 6.61 Å². The van der Waals surface area contributed by atoms with E-state index in [-0.39, 0.29) is 18.6 Å². The number of rotatable bonds is 5. The van der Waals surface area contributed by atoms with Gasteiger partial charge >= 0.3 is 0 Å². The van der Waals surface area contributed by atoms with Crippen LogP contribution in [0.5, 0.6) is 5.75 Å². The van der Waals surface area contributed by atoms with E-state index >= 15 is 0 Å². The Hall–Kier alpha value is -3.15. The van der Waals surface area contributed by atoms with E-state index in [1.165, 1.54) is 0 Å². The number of likely N-dealkylation sites (tertiary alicyclic amines) is 1. The molecule has 0 aliphatic carbocycles. The highest BCUT2D eigenvalue weighted by molar-refractivity contribution is 5.78. The summed E-state index contributed by atoms with van der Waals surface area (Å²) in [5, 5.41) is 0. The largest absolute Gasteiger partial charge is 0.484 e. The Labute approximate surface area is 158 Å². The number of carbonyl (C=O) groups is 1. The Kier molecular flexibility index (Phi) is 4.87. The number of hydrogen-bond donors (Lipinski definition) is 0. The number of benzene rings is 1. The highest BCUT2D eigenvalue weighted by atomic mass is 16.5. The third-order valence-electron chi connectivity index (χ3n) is 4.85. The van der Waals surface area contributed by atoms with Crippen LogP contribution < -0.4 is 4.74 Å². The second kappa shape index (κ2) is 7.61. The minimum absolute atomic E-state index is 0.00707. The second-order valence-electron chi connectivity index (χ2n) is 6.61. The van der Waals surface area contributed by atoms with Gasteiger partial charge in [-0.15, -0.1) is 0 Å². The molecule has 0 N–H and O–H groups in total. The van der Waals surface area contributed by atoms with Gasteiger partial charge in [-0.25, -0.2) is 9.97 Å². The predicted octanol–water partition coefficient (Wildman–Crippen LogP) is 3.32.